The van der Waals surface area contributed by atoms with E-state index in [-0.39, 0.29) is 0 Å². The summed E-state index contributed by atoms with van der Waals surface area (Å²) in [7, 11) is 0. The maximum atomic E-state index is 6.26. The number of imidazole rings is 1. The van der Waals surface area contributed by atoms with Crippen LogP contribution in [-0.4, -0.2) is 19.6 Å². The van der Waals surface area contributed by atoms with Crippen LogP contribution in [0.3, 0.4) is 0 Å². The normalized spacial score (nSPS) is 11.0. The van der Waals surface area contributed by atoms with Crippen molar-refractivity contribution in [2.75, 3.05) is 5.32 Å². The summed E-state index contributed by atoms with van der Waals surface area (Å²) in [6.45, 7) is 0.634. The minimum Gasteiger partial charge on any atom is -0.363 e. The van der Waals surface area contributed by atoms with Gasteiger partial charge in [0.1, 0.15) is 5.82 Å². The molecule has 0 radical (unpaired) electrons. The second-order valence-electron chi connectivity index (χ2n) is 4.95. The van der Waals surface area contributed by atoms with Gasteiger partial charge < -0.3 is 5.32 Å². The Bertz CT molecular complexity index is 948. The molecule has 3 aromatic heterocycles. The second-order valence-corrected chi connectivity index (χ2v) is 6.07. The maximum Gasteiger partial charge on any atom is 0.155 e. The van der Waals surface area contributed by atoms with Crippen molar-refractivity contribution in [2.45, 2.75) is 6.54 Å². The number of hydrogen-bond acceptors (Lipinski definition) is 5. The number of rotatable bonds is 4. The summed E-state index contributed by atoms with van der Waals surface area (Å²) in [5, 5.41) is 10.7. The van der Waals surface area contributed by atoms with Crippen molar-refractivity contribution in [1.29, 1.82) is 0 Å². The van der Waals surface area contributed by atoms with Crippen LogP contribution in [0.25, 0.3) is 16.9 Å². The molecule has 114 valence electrons. The van der Waals surface area contributed by atoms with E-state index in [0.717, 1.165) is 28.4 Å². The fourth-order valence-electron chi connectivity index (χ4n) is 2.31. The molecule has 3 heterocycles. The summed E-state index contributed by atoms with van der Waals surface area (Å²) < 4.78 is 1.78. The number of benzene rings is 1. The summed E-state index contributed by atoms with van der Waals surface area (Å²) in [6.07, 6.45) is 1.77. The highest BCUT2D eigenvalue weighted by Crippen LogP contribution is 2.26. The van der Waals surface area contributed by atoms with Crippen molar-refractivity contribution in [3.05, 3.63) is 64.2 Å². The van der Waals surface area contributed by atoms with E-state index in [4.69, 9.17) is 11.6 Å². The molecule has 23 heavy (non-hydrogen) atoms. The molecule has 0 saturated heterocycles. The van der Waals surface area contributed by atoms with Crippen LogP contribution in [0.1, 0.15) is 5.69 Å². The van der Waals surface area contributed by atoms with Crippen molar-refractivity contribution < 1.29 is 0 Å². The van der Waals surface area contributed by atoms with Gasteiger partial charge in [0, 0.05) is 10.9 Å². The molecular weight excluding hydrogens is 330 g/mol. The standard InChI is InChI=1S/C16H12ClN5S/c17-13-4-2-1-3-12(13)14-5-6-15-19-8-16(22(15)21-14)18-7-11-9-23-10-20-11/h1-6,8-10,18H,7H2. The van der Waals surface area contributed by atoms with Gasteiger partial charge in [-0.2, -0.15) is 9.61 Å². The average molecular weight is 342 g/mol. The zero-order chi connectivity index (χ0) is 15.6. The zero-order valence-electron chi connectivity index (χ0n) is 12.0. The number of nitrogens with zero attached hydrogens (tertiary/aromatic N) is 4. The van der Waals surface area contributed by atoms with E-state index in [9.17, 15) is 0 Å². The average Bonchev–Trinajstić information content (AvgIpc) is 3.22. The van der Waals surface area contributed by atoms with Gasteiger partial charge in [0.15, 0.2) is 5.65 Å². The number of halogens is 1. The molecular formula is C16H12ClN5S. The topological polar surface area (TPSA) is 55.1 Å². The molecule has 0 amide bonds. The molecule has 0 aliphatic carbocycles. The quantitative estimate of drug-likeness (QED) is 0.606. The first-order valence-corrected chi connectivity index (χ1v) is 8.34. The molecule has 4 rings (SSSR count). The van der Waals surface area contributed by atoms with E-state index in [2.05, 4.69) is 20.4 Å². The van der Waals surface area contributed by atoms with Crippen molar-refractivity contribution in [1.82, 2.24) is 19.6 Å². The van der Waals surface area contributed by atoms with Gasteiger partial charge in [-0.15, -0.1) is 11.3 Å². The number of thiazole rings is 1. The lowest BCUT2D eigenvalue weighted by Gasteiger charge is -2.06. The first-order valence-electron chi connectivity index (χ1n) is 7.02. The van der Waals surface area contributed by atoms with Gasteiger partial charge in [-0.05, 0) is 18.2 Å². The van der Waals surface area contributed by atoms with Crippen LogP contribution in [0.15, 0.2) is 53.5 Å². The van der Waals surface area contributed by atoms with Gasteiger partial charge in [-0.3, -0.25) is 0 Å². The van der Waals surface area contributed by atoms with Gasteiger partial charge >= 0.3 is 0 Å². The SMILES string of the molecule is Clc1ccccc1-c1ccc2ncc(NCc3cscn3)n2n1. The largest absolute Gasteiger partial charge is 0.363 e. The minimum atomic E-state index is 0.634. The molecule has 1 aromatic carbocycles. The summed E-state index contributed by atoms with van der Waals surface area (Å²) in [5.74, 6) is 0.821. The molecule has 4 aromatic rings. The second kappa shape index (κ2) is 5.98. The number of anilines is 1. The van der Waals surface area contributed by atoms with Gasteiger partial charge in [-0.1, -0.05) is 29.8 Å². The van der Waals surface area contributed by atoms with Crippen molar-refractivity contribution in [3.63, 3.8) is 0 Å². The molecule has 7 heteroatoms. The summed E-state index contributed by atoms with van der Waals surface area (Å²) >= 11 is 7.84. The molecule has 0 atom stereocenters. The molecule has 0 aliphatic heterocycles. The molecule has 0 fully saturated rings. The minimum absolute atomic E-state index is 0.634. The highest BCUT2D eigenvalue weighted by Gasteiger charge is 2.09. The van der Waals surface area contributed by atoms with Crippen LogP contribution < -0.4 is 5.32 Å². The number of aromatic nitrogens is 4. The van der Waals surface area contributed by atoms with Crippen LogP contribution in [0.2, 0.25) is 5.02 Å². The predicted octanol–water partition coefficient (Wildman–Crippen LogP) is 4.12. The first kappa shape index (κ1) is 14.2. The summed E-state index contributed by atoms with van der Waals surface area (Å²) in [6, 6.07) is 11.5. The first-order chi connectivity index (χ1) is 11.3. The molecule has 0 unspecified atom stereocenters. The summed E-state index contributed by atoms with van der Waals surface area (Å²) in [4.78, 5) is 8.62. The van der Waals surface area contributed by atoms with Gasteiger partial charge in [-0.25, -0.2) is 9.97 Å². The van der Waals surface area contributed by atoms with Crippen molar-refractivity contribution >= 4 is 34.4 Å². The number of nitrogens with one attached hydrogen (secondary N) is 1. The Morgan fingerprint density at radius 2 is 2.04 bits per heavy atom. The lowest BCUT2D eigenvalue weighted by atomic mass is 10.1. The van der Waals surface area contributed by atoms with Crippen molar-refractivity contribution in [2.24, 2.45) is 0 Å². The van der Waals surface area contributed by atoms with E-state index in [1.165, 1.54) is 0 Å². The van der Waals surface area contributed by atoms with Crippen LogP contribution in [0.5, 0.6) is 0 Å². The van der Waals surface area contributed by atoms with Crippen LogP contribution in [-0.2, 0) is 6.54 Å². The van der Waals surface area contributed by atoms with E-state index >= 15 is 0 Å². The Morgan fingerprint density at radius 1 is 1.13 bits per heavy atom. The molecule has 5 nitrogen and oxygen atoms in total. The van der Waals surface area contributed by atoms with Gasteiger partial charge in [0.05, 0.1) is 34.7 Å². The molecule has 0 bridgehead atoms. The molecule has 0 spiro atoms. The van der Waals surface area contributed by atoms with Crippen LogP contribution in [0.4, 0.5) is 5.82 Å². The third kappa shape index (κ3) is 2.78. The Morgan fingerprint density at radius 3 is 2.87 bits per heavy atom. The van der Waals surface area contributed by atoms with Crippen LogP contribution >= 0.6 is 22.9 Å². The Kier molecular flexibility index (Phi) is 3.69. The lowest BCUT2D eigenvalue weighted by molar-refractivity contribution is 0.925. The molecule has 1 N–H and O–H groups in total. The van der Waals surface area contributed by atoms with Crippen molar-refractivity contribution in [3.8, 4) is 11.3 Å². The molecule has 0 saturated carbocycles. The smallest absolute Gasteiger partial charge is 0.155 e. The van der Waals surface area contributed by atoms with E-state index in [1.54, 1.807) is 22.0 Å². The fourth-order valence-corrected chi connectivity index (χ4v) is 3.10. The maximum absolute atomic E-state index is 6.26. The van der Waals surface area contributed by atoms with E-state index in [0.29, 0.717) is 11.6 Å². The number of fused-ring (bicyclic) bond motifs is 1. The third-order valence-electron chi connectivity index (χ3n) is 3.45. The van der Waals surface area contributed by atoms with Gasteiger partial charge in [0.25, 0.3) is 0 Å². The Balaban J connectivity index is 1.70. The number of hydrogen-bond donors (Lipinski definition) is 1. The Labute approximate surface area is 141 Å². The Hall–Kier alpha value is -2.44. The highest BCUT2D eigenvalue weighted by molar-refractivity contribution is 7.07. The summed E-state index contributed by atoms with van der Waals surface area (Å²) in [5.41, 5.74) is 5.29. The van der Waals surface area contributed by atoms with Gasteiger partial charge in [0.2, 0.25) is 0 Å². The van der Waals surface area contributed by atoms with E-state index in [1.807, 2.05) is 47.3 Å². The fraction of sp³-hybridized carbons (Fsp3) is 0.0625. The molecule has 0 aliphatic rings. The predicted molar refractivity (Wildman–Crippen MR) is 92.9 cm³/mol. The van der Waals surface area contributed by atoms with E-state index < -0.39 is 0 Å². The monoisotopic (exact) mass is 341 g/mol. The van der Waals surface area contributed by atoms with Crippen LogP contribution in [0, 0.1) is 0 Å². The highest BCUT2D eigenvalue weighted by atomic mass is 35.5. The zero-order valence-corrected chi connectivity index (χ0v) is 13.6. The third-order valence-corrected chi connectivity index (χ3v) is 4.41. The lowest BCUT2D eigenvalue weighted by Crippen LogP contribution is -2.04.